The Bertz CT molecular complexity index is 340. The molecule has 17 heavy (non-hydrogen) atoms. The molecule has 0 aromatic heterocycles. The quantitative estimate of drug-likeness (QED) is 0.818. The van der Waals surface area contributed by atoms with Gasteiger partial charge >= 0.3 is 0 Å². The largest absolute Gasteiger partial charge is 0.372 e. The summed E-state index contributed by atoms with van der Waals surface area (Å²) >= 11 is 0. The minimum absolute atomic E-state index is 0.264. The third-order valence-electron chi connectivity index (χ3n) is 3.40. The Labute approximate surface area is 104 Å². The molecule has 0 bridgehead atoms. The molecule has 2 rings (SSSR count). The molecule has 2 heteroatoms. The second-order valence-corrected chi connectivity index (χ2v) is 5.24. The standard InChI is InChI=1S/C15H23NO/c1-11(2)12-3-5-13(6-4-12)15(14-7-8-14)17-10-9-16/h3-6,11,14-15H,7-10,16H2,1-2H3. The van der Waals surface area contributed by atoms with E-state index >= 15 is 0 Å². The van der Waals surface area contributed by atoms with E-state index in [1.54, 1.807) is 0 Å². The molecular formula is C15H23NO. The Morgan fingerprint density at radius 1 is 1.18 bits per heavy atom. The zero-order valence-electron chi connectivity index (χ0n) is 10.9. The van der Waals surface area contributed by atoms with Gasteiger partial charge in [-0.25, -0.2) is 0 Å². The Balaban J connectivity index is 2.07. The highest BCUT2D eigenvalue weighted by molar-refractivity contribution is 5.27. The summed E-state index contributed by atoms with van der Waals surface area (Å²) in [5, 5.41) is 0. The Hall–Kier alpha value is -0.860. The molecule has 0 heterocycles. The van der Waals surface area contributed by atoms with Gasteiger partial charge in [-0.2, -0.15) is 0 Å². The van der Waals surface area contributed by atoms with E-state index in [9.17, 15) is 0 Å². The molecular weight excluding hydrogens is 210 g/mol. The first-order valence-corrected chi connectivity index (χ1v) is 6.64. The van der Waals surface area contributed by atoms with Gasteiger partial charge in [-0.3, -0.25) is 0 Å². The summed E-state index contributed by atoms with van der Waals surface area (Å²) in [4.78, 5) is 0. The van der Waals surface area contributed by atoms with Crippen LogP contribution in [0, 0.1) is 5.92 Å². The van der Waals surface area contributed by atoms with Gasteiger partial charge < -0.3 is 10.5 Å². The van der Waals surface area contributed by atoms with E-state index < -0.39 is 0 Å². The summed E-state index contributed by atoms with van der Waals surface area (Å²) in [6, 6.07) is 8.88. The van der Waals surface area contributed by atoms with Crippen molar-refractivity contribution in [1.29, 1.82) is 0 Å². The average Bonchev–Trinajstić information content (AvgIpc) is 3.14. The van der Waals surface area contributed by atoms with Crippen molar-refractivity contribution in [3.05, 3.63) is 35.4 Å². The number of nitrogens with two attached hydrogens (primary N) is 1. The molecule has 0 saturated heterocycles. The molecule has 1 aliphatic carbocycles. The molecule has 1 atom stereocenters. The molecule has 1 saturated carbocycles. The highest BCUT2D eigenvalue weighted by Gasteiger charge is 2.32. The second kappa shape index (κ2) is 5.65. The van der Waals surface area contributed by atoms with Crippen LogP contribution in [0.2, 0.25) is 0 Å². The first kappa shape index (κ1) is 12.6. The average molecular weight is 233 g/mol. The number of hydrogen-bond acceptors (Lipinski definition) is 2. The van der Waals surface area contributed by atoms with Crippen LogP contribution in [-0.4, -0.2) is 13.2 Å². The number of ether oxygens (including phenoxy) is 1. The van der Waals surface area contributed by atoms with Crippen LogP contribution in [0.1, 0.15) is 49.8 Å². The van der Waals surface area contributed by atoms with Gasteiger partial charge in [0, 0.05) is 6.54 Å². The minimum Gasteiger partial charge on any atom is -0.372 e. The lowest BCUT2D eigenvalue weighted by molar-refractivity contribution is 0.0424. The van der Waals surface area contributed by atoms with Gasteiger partial charge in [0.15, 0.2) is 0 Å². The molecule has 0 amide bonds. The molecule has 1 aliphatic rings. The van der Waals surface area contributed by atoms with E-state index in [0.29, 0.717) is 25.0 Å². The zero-order valence-corrected chi connectivity index (χ0v) is 10.9. The lowest BCUT2D eigenvalue weighted by Gasteiger charge is -2.18. The predicted molar refractivity (Wildman–Crippen MR) is 71.0 cm³/mol. The molecule has 1 unspecified atom stereocenters. The fourth-order valence-corrected chi connectivity index (χ4v) is 2.17. The van der Waals surface area contributed by atoms with Crippen molar-refractivity contribution in [2.75, 3.05) is 13.2 Å². The third-order valence-corrected chi connectivity index (χ3v) is 3.40. The van der Waals surface area contributed by atoms with E-state index in [4.69, 9.17) is 10.5 Å². The summed E-state index contributed by atoms with van der Waals surface area (Å²) in [6.45, 7) is 5.71. The van der Waals surface area contributed by atoms with Gasteiger partial charge in [-0.05, 0) is 35.8 Å². The van der Waals surface area contributed by atoms with E-state index in [2.05, 4.69) is 38.1 Å². The van der Waals surface area contributed by atoms with Crippen molar-refractivity contribution < 1.29 is 4.74 Å². The van der Waals surface area contributed by atoms with Crippen LogP contribution >= 0.6 is 0 Å². The molecule has 2 N–H and O–H groups in total. The monoisotopic (exact) mass is 233 g/mol. The lowest BCUT2D eigenvalue weighted by Crippen LogP contribution is -2.14. The van der Waals surface area contributed by atoms with Crippen LogP contribution in [0.5, 0.6) is 0 Å². The number of rotatable bonds is 6. The number of hydrogen-bond donors (Lipinski definition) is 1. The maximum absolute atomic E-state index is 5.88. The molecule has 94 valence electrons. The first-order chi connectivity index (χ1) is 8.22. The predicted octanol–water partition coefficient (Wildman–Crippen LogP) is 3.24. The van der Waals surface area contributed by atoms with Crippen molar-refractivity contribution >= 4 is 0 Å². The fourth-order valence-electron chi connectivity index (χ4n) is 2.17. The Kier molecular flexibility index (Phi) is 4.19. The van der Waals surface area contributed by atoms with Crippen molar-refractivity contribution in [3.8, 4) is 0 Å². The number of benzene rings is 1. The summed E-state index contributed by atoms with van der Waals surface area (Å²) in [5.74, 6) is 1.31. The van der Waals surface area contributed by atoms with Crippen molar-refractivity contribution in [3.63, 3.8) is 0 Å². The van der Waals surface area contributed by atoms with Crippen LogP contribution in [-0.2, 0) is 4.74 Å². The van der Waals surface area contributed by atoms with Gasteiger partial charge in [-0.15, -0.1) is 0 Å². The second-order valence-electron chi connectivity index (χ2n) is 5.24. The maximum atomic E-state index is 5.88. The first-order valence-electron chi connectivity index (χ1n) is 6.64. The summed E-state index contributed by atoms with van der Waals surface area (Å²) < 4.78 is 5.88. The Morgan fingerprint density at radius 2 is 1.76 bits per heavy atom. The molecule has 1 aromatic carbocycles. The van der Waals surface area contributed by atoms with Crippen molar-refractivity contribution in [2.45, 2.75) is 38.7 Å². The zero-order chi connectivity index (χ0) is 12.3. The van der Waals surface area contributed by atoms with Gasteiger partial charge in [-0.1, -0.05) is 38.1 Å². The highest BCUT2D eigenvalue weighted by Crippen LogP contribution is 2.43. The van der Waals surface area contributed by atoms with Crippen molar-refractivity contribution in [2.24, 2.45) is 11.7 Å². The topological polar surface area (TPSA) is 35.2 Å². The molecule has 0 radical (unpaired) electrons. The molecule has 2 nitrogen and oxygen atoms in total. The van der Waals surface area contributed by atoms with Gasteiger partial charge in [0.2, 0.25) is 0 Å². The van der Waals surface area contributed by atoms with Gasteiger partial charge in [0.1, 0.15) is 0 Å². The maximum Gasteiger partial charge on any atom is 0.0853 e. The minimum atomic E-state index is 0.264. The van der Waals surface area contributed by atoms with Crippen LogP contribution in [0.3, 0.4) is 0 Å². The molecule has 1 fully saturated rings. The van der Waals surface area contributed by atoms with E-state index in [-0.39, 0.29) is 6.10 Å². The highest BCUT2D eigenvalue weighted by atomic mass is 16.5. The fraction of sp³-hybridized carbons (Fsp3) is 0.600. The third kappa shape index (κ3) is 3.30. The van der Waals surface area contributed by atoms with Crippen LogP contribution in [0.15, 0.2) is 24.3 Å². The molecule has 1 aromatic rings. The van der Waals surface area contributed by atoms with Crippen LogP contribution in [0.4, 0.5) is 0 Å². The van der Waals surface area contributed by atoms with Gasteiger partial charge in [0.05, 0.1) is 12.7 Å². The van der Waals surface area contributed by atoms with Gasteiger partial charge in [0.25, 0.3) is 0 Å². The SMILES string of the molecule is CC(C)c1ccc(C(OCCN)C2CC2)cc1. The normalized spacial score (nSPS) is 17.4. The van der Waals surface area contributed by atoms with Crippen LogP contribution in [0.25, 0.3) is 0 Å². The summed E-state index contributed by atoms with van der Waals surface area (Å²) in [6.07, 6.45) is 2.85. The van der Waals surface area contributed by atoms with Crippen LogP contribution < -0.4 is 5.73 Å². The molecule has 0 aliphatic heterocycles. The summed E-state index contributed by atoms with van der Waals surface area (Å²) in [7, 11) is 0. The van der Waals surface area contributed by atoms with E-state index in [0.717, 1.165) is 0 Å². The molecule has 0 spiro atoms. The van der Waals surface area contributed by atoms with E-state index in [1.165, 1.54) is 24.0 Å². The Morgan fingerprint density at radius 3 is 2.24 bits per heavy atom. The van der Waals surface area contributed by atoms with Crippen molar-refractivity contribution in [1.82, 2.24) is 0 Å². The smallest absolute Gasteiger partial charge is 0.0853 e. The summed E-state index contributed by atoms with van der Waals surface area (Å²) in [5.41, 5.74) is 8.22. The lowest BCUT2D eigenvalue weighted by atomic mass is 9.98. The van der Waals surface area contributed by atoms with E-state index in [1.807, 2.05) is 0 Å².